The maximum absolute atomic E-state index is 11.9. The van der Waals surface area contributed by atoms with Crippen LogP contribution in [0.15, 0.2) is 30.3 Å². The van der Waals surface area contributed by atoms with Gasteiger partial charge in [0.15, 0.2) is 6.10 Å². The highest BCUT2D eigenvalue weighted by Gasteiger charge is 2.23. The molecular formula is C13H17NO3. The molecule has 0 fully saturated rings. The van der Waals surface area contributed by atoms with Crippen molar-refractivity contribution in [1.29, 1.82) is 0 Å². The third kappa shape index (κ3) is 3.59. The minimum atomic E-state index is -0.889. The first-order valence-electron chi connectivity index (χ1n) is 5.61. The Kier molecular flexibility index (Phi) is 4.69. The van der Waals surface area contributed by atoms with Crippen molar-refractivity contribution in [3.05, 3.63) is 35.9 Å². The summed E-state index contributed by atoms with van der Waals surface area (Å²) >= 11 is 0. The molecule has 92 valence electrons. The number of nitrogens with two attached hydrogens (primary N) is 1. The van der Waals surface area contributed by atoms with Gasteiger partial charge in [-0.1, -0.05) is 37.3 Å². The van der Waals surface area contributed by atoms with Crippen LogP contribution in [0.1, 0.15) is 31.7 Å². The zero-order valence-electron chi connectivity index (χ0n) is 10.1. The fourth-order valence-electron chi connectivity index (χ4n) is 1.54. The van der Waals surface area contributed by atoms with Crippen molar-refractivity contribution in [3.63, 3.8) is 0 Å². The number of esters is 1. The Labute approximate surface area is 101 Å². The van der Waals surface area contributed by atoms with Crippen LogP contribution in [0.25, 0.3) is 0 Å². The molecule has 0 saturated heterocycles. The molecule has 0 radical (unpaired) electrons. The number of benzene rings is 1. The highest BCUT2D eigenvalue weighted by Crippen LogP contribution is 2.21. The zero-order chi connectivity index (χ0) is 12.8. The Bertz CT molecular complexity index is 389. The van der Waals surface area contributed by atoms with Crippen LogP contribution in [0.3, 0.4) is 0 Å². The Balaban J connectivity index is 2.75. The van der Waals surface area contributed by atoms with E-state index in [0.717, 1.165) is 5.56 Å². The van der Waals surface area contributed by atoms with Crippen molar-refractivity contribution in [2.24, 2.45) is 5.73 Å². The number of hydrogen-bond acceptors (Lipinski definition) is 3. The summed E-state index contributed by atoms with van der Waals surface area (Å²) in [5, 5.41) is 0. The molecule has 4 nitrogen and oxygen atoms in total. The fraction of sp³-hybridized carbons (Fsp3) is 0.385. The molecule has 2 N–H and O–H groups in total. The lowest BCUT2D eigenvalue weighted by Gasteiger charge is -2.16. The molecule has 0 bridgehead atoms. The number of amides is 1. The van der Waals surface area contributed by atoms with Crippen LogP contribution in [0.2, 0.25) is 0 Å². The van der Waals surface area contributed by atoms with E-state index in [1.165, 1.54) is 6.92 Å². The lowest BCUT2D eigenvalue weighted by Crippen LogP contribution is -2.32. The molecule has 0 spiro atoms. The zero-order valence-corrected chi connectivity index (χ0v) is 10.1. The molecular weight excluding hydrogens is 218 g/mol. The molecule has 1 amide bonds. The molecule has 4 heteroatoms. The van der Waals surface area contributed by atoms with Crippen molar-refractivity contribution in [2.45, 2.75) is 32.3 Å². The standard InChI is InChI=1S/C13H17NO3/c1-3-11(10-7-5-4-6-8-10)13(16)17-9(2)12(14)15/h4-9,11H,3H2,1-2H3,(H2,14,15)/t9-,11-/m0/s1. The quantitative estimate of drug-likeness (QED) is 0.788. The SMILES string of the molecule is CC[C@H](C(=O)O[C@@H](C)C(N)=O)c1ccccc1. The number of ether oxygens (including phenoxy) is 1. The number of hydrogen-bond donors (Lipinski definition) is 1. The highest BCUT2D eigenvalue weighted by molar-refractivity contribution is 5.84. The van der Waals surface area contributed by atoms with Crippen LogP contribution in [0.4, 0.5) is 0 Å². The van der Waals surface area contributed by atoms with Crippen molar-refractivity contribution >= 4 is 11.9 Å². The lowest BCUT2D eigenvalue weighted by atomic mass is 9.97. The van der Waals surface area contributed by atoms with Gasteiger partial charge < -0.3 is 10.5 Å². The van der Waals surface area contributed by atoms with E-state index in [4.69, 9.17) is 10.5 Å². The summed E-state index contributed by atoms with van der Waals surface area (Å²) in [5.41, 5.74) is 5.93. The first-order chi connectivity index (χ1) is 8.06. The predicted molar refractivity (Wildman–Crippen MR) is 64.2 cm³/mol. The Morgan fingerprint density at radius 3 is 2.35 bits per heavy atom. The summed E-state index contributed by atoms with van der Waals surface area (Å²) in [5.74, 6) is -1.40. The summed E-state index contributed by atoms with van der Waals surface area (Å²) in [6.45, 7) is 3.37. The summed E-state index contributed by atoms with van der Waals surface area (Å²) in [7, 11) is 0. The van der Waals surface area contributed by atoms with Gasteiger partial charge >= 0.3 is 5.97 Å². The number of carbonyl (C=O) groups is 2. The second kappa shape index (κ2) is 6.03. The second-order valence-electron chi connectivity index (χ2n) is 3.85. The molecule has 0 unspecified atom stereocenters. The summed E-state index contributed by atoms with van der Waals surface area (Å²) in [4.78, 5) is 22.7. The van der Waals surface area contributed by atoms with Gasteiger partial charge in [-0.15, -0.1) is 0 Å². The molecule has 1 aromatic carbocycles. The molecule has 0 aliphatic heterocycles. The monoisotopic (exact) mass is 235 g/mol. The van der Waals surface area contributed by atoms with Gasteiger partial charge in [0.2, 0.25) is 0 Å². The second-order valence-corrected chi connectivity index (χ2v) is 3.85. The van der Waals surface area contributed by atoms with Gasteiger partial charge in [-0.05, 0) is 18.9 Å². The summed E-state index contributed by atoms with van der Waals surface area (Å²) < 4.78 is 5.01. The minimum absolute atomic E-state index is 0.349. The van der Waals surface area contributed by atoms with Crippen molar-refractivity contribution in [2.75, 3.05) is 0 Å². The van der Waals surface area contributed by atoms with E-state index in [9.17, 15) is 9.59 Å². The molecule has 1 aromatic rings. The third-order valence-corrected chi connectivity index (χ3v) is 2.59. The lowest BCUT2D eigenvalue weighted by molar-refractivity contribution is -0.155. The van der Waals surface area contributed by atoms with Crippen molar-refractivity contribution in [1.82, 2.24) is 0 Å². The van der Waals surface area contributed by atoms with Crippen LogP contribution in [-0.4, -0.2) is 18.0 Å². The van der Waals surface area contributed by atoms with E-state index < -0.39 is 18.0 Å². The maximum atomic E-state index is 11.9. The van der Waals surface area contributed by atoms with Gasteiger partial charge in [-0.3, -0.25) is 9.59 Å². The topological polar surface area (TPSA) is 69.4 Å². The minimum Gasteiger partial charge on any atom is -0.452 e. The Hall–Kier alpha value is -1.84. The normalized spacial score (nSPS) is 13.8. The van der Waals surface area contributed by atoms with E-state index in [1.807, 2.05) is 37.3 Å². The Morgan fingerprint density at radius 1 is 1.29 bits per heavy atom. The van der Waals surface area contributed by atoms with Gasteiger partial charge in [-0.2, -0.15) is 0 Å². The van der Waals surface area contributed by atoms with Crippen LogP contribution in [0.5, 0.6) is 0 Å². The summed E-state index contributed by atoms with van der Waals surface area (Å²) in [6, 6.07) is 9.34. The summed E-state index contributed by atoms with van der Waals surface area (Å²) in [6.07, 6.45) is -0.269. The van der Waals surface area contributed by atoms with Gasteiger partial charge in [0.05, 0.1) is 5.92 Å². The molecule has 2 atom stereocenters. The van der Waals surface area contributed by atoms with E-state index in [1.54, 1.807) is 0 Å². The smallest absolute Gasteiger partial charge is 0.314 e. The van der Waals surface area contributed by atoms with E-state index in [0.29, 0.717) is 6.42 Å². The molecule has 0 aliphatic carbocycles. The largest absolute Gasteiger partial charge is 0.452 e. The number of rotatable bonds is 5. The van der Waals surface area contributed by atoms with Gasteiger partial charge in [0.25, 0.3) is 5.91 Å². The molecule has 17 heavy (non-hydrogen) atoms. The first-order valence-corrected chi connectivity index (χ1v) is 5.61. The molecule has 0 aromatic heterocycles. The van der Waals surface area contributed by atoms with E-state index in [-0.39, 0.29) is 5.92 Å². The maximum Gasteiger partial charge on any atom is 0.314 e. The average molecular weight is 235 g/mol. The van der Waals surface area contributed by atoms with Gasteiger partial charge in [0.1, 0.15) is 0 Å². The van der Waals surface area contributed by atoms with Crippen LogP contribution in [-0.2, 0) is 14.3 Å². The third-order valence-electron chi connectivity index (χ3n) is 2.59. The van der Waals surface area contributed by atoms with Gasteiger partial charge in [-0.25, -0.2) is 0 Å². The fourth-order valence-corrected chi connectivity index (χ4v) is 1.54. The van der Waals surface area contributed by atoms with Crippen LogP contribution in [0, 0.1) is 0 Å². The van der Waals surface area contributed by atoms with Crippen LogP contribution >= 0.6 is 0 Å². The van der Waals surface area contributed by atoms with E-state index >= 15 is 0 Å². The Morgan fingerprint density at radius 2 is 1.88 bits per heavy atom. The predicted octanol–water partition coefficient (Wildman–Crippen LogP) is 1.60. The number of primary amides is 1. The number of carbonyl (C=O) groups excluding carboxylic acids is 2. The molecule has 0 heterocycles. The highest BCUT2D eigenvalue weighted by atomic mass is 16.5. The molecule has 0 saturated carbocycles. The van der Waals surface area contributed by atoms with Gasteiger partial charge in [0, 0.05) is 0 Å². The molecule has 1 rings (SSSR count). The van der Waals surface area contributed by atoms with Crippen molar-refractivity contribution < 1.29 is 14.3 Å². The first kappa shape index (κ1) is 13.2. The van der Waals surface area contributed by atoms with E-state index in [2.05, 4.69) is 0 Å². The average Bonchev–Trinajstić information content (AvgIpc) is 2.31. The molecule has 0 aliphatic rings. The van der Waals surface area contributed by atoms with Crippen molar-refractivity contribution in [3.8, 4) is 0 Å². The van der Waals surface area contributed by atoms with Crippen LogP contribution < -0.4 is 5.73 Å².